The molecule has 3 aromatic rings. The van der Waals surface area contributed by atoms with E-state index < -0.39 is 0 Å². The molecular weight excluding hydrogens is 374 g/mol. The first kappa shape index (κ1) is 18.5. The number of para-hydroxylation sites is 1. The molecule has 1 saturated heterocycles. The number of pyridine rings is 1. The molecule has 4 rings (SSSR count). The Hall–Kier alpha value is -2.86. The minimum atomic E-state index is -0.232. The van der Waals surface area contributed by atoms with Crippen LogP contribution in [0.5, 0.6) is 0 Å². The van der Waals surface area contributed by atoms with Gasteiger partial charge in [-0.1, -0.05) is 29.8 Å². The molecule has 0 aliphatic carbocycles. The Morgan fingerprint density at radius 3 is 2.68 bits per heavy atom. The van der Waals surface area contributed by atoms with Gasteiger partial charge >= 0.3 is 0 Å². The molecule has 3 heterocycles. The Morgan fingerprint density at radius 1 is 1.18 bits per heavy atom. The van der Waals surface area contributed by atoms with Crippen molar-refractivity contribution < 1.29 is 4.79 Å². The minimum Gasteiger partial charge on any atom is -0.357 e. The lowest BCUT2D eigenvalue weighted by Gasteiger charge is -2.17. The zero-order valence-electron chi connectivity index (χ0n) is 15.7. The van der Waals surface area contributed by atoms with Crippen molar-refractivity contribution in [3.8, 4) is 5.69 Å². The number of amides is 1. The number of halogens is 1. The molecule has 0 unspecified atom stereocenters. The number of hydrogen-bond donors (Lipinski definition) is 1. The second kappa shape index (κ2) is 8.02. The fourth-order valence-corrected chi connectivity index (χ4v) is 3.82. The van der Waals surface area contributed by atoms with Crippen molar-refractivity contribution in [2.45, 2.75) is 26.3 Å². The summed E-state index contributed by atoms with van der Waals surface area (Å²) in [6, 6.07) is 13.5. The van der Waals surface area contributed by atoms with Crippen LogP contribution >= 0.6 is 11.6 Å². The molecule has 2 aromatic heterocycles. The second-order valence-corrected chi connectivity index (χ2v) is 7.26. The molecule has 1 fully saturated rings. The van der Waals surface area contributed by atoms with E-state index in [1.54, 1.807) is 17.8 Å². The summed E-state index contributed by atoms with van der Waals surface area (Å²) in [5.74, 6) is 0.736. The van der Waals surface area contributed by atoms with Gasteiger partial charge in [0.25, 0.3) is 5.91 Å². The molecule has 1 amide bonds. The fraction of sp³-hybridized carbons (Fsp3) is 0.286. The van der Waals surface area contributed by atoms with Gasteiger partial charge in [-0.2, -0.15) is 5.10 Å². The van der Waals surface area contributed by atoms with Crippen molar-refractivity contribution in [1.29, 1.82) is 0 Å². The quantitative estimate of drug-likeness (QED) is 0.714. The monoisotopic (exact) mass is 395 g/mol. The number of carbonyl (C=O) groups excluding carboxylic acids is 1. The van der Waals surface area contributed by atoms with Gasteiger partial charge in [0.05, 0.1) is 16.9 Å². The van der Waals surface area contributed by atoms with Gasteiger partial charge in [-0.15, -0.1) is 0 Å². The number of benzene rings is 1. The molecule has 1 aromatic carbocycles. The predicted octanol–water partition coefficient (Wildman–Crippen LogP) is 3.76. The number of carbonyl (C=O) groups is 1. The van der Waals surface area contributed by atoms with E-state index in [4.69, 9.17) is 11.6 Å². The van der Waals surface area contributed by atoms with Crippen LogP contribution in [0.15, 0.2) is 48.7 Å². The fourth-order valence-electron chi connectivity index (χ4n) is 3.46. The van der Waals surface area contributed by atoms with Crippen molar-refractivity contribution in [3.63, 3.8) is 0 Å². The van der Waals surface area contributed by atoms with Crippen LogP contribution in [-0.4, -0.2) is 33.8 Å². The van der Waals surface area contributed by atoms with Gasteiger partial charge in [-0.3, -0.25) is 4.79 Å². The smallest absolute Gasteiger partial charge is 0.256 e. The molecule has 0 spiro atoms. The molecule has 0 saturated carbocycles. The van der Waals surface area contributed by atoms with Gasteiger partial charge in [0, 0.05) is 25.8 Å². The molecule has 0 bridgehead atoms. The normalized spacial score (nSPS) is 13.7. The lowest BCUT2D eigenvalue weighted by Crippen LogP contribution is -2.24. The first-order valence-corrected chi connectivity index (χ1v) is 9.80. The molecule has 144 valence electrons. The maximum absolute atomic E-state index is 12.8. The minimum absolute atomic E-state index is 0.232. The number of anilines is 1. The summed E-state index contributed by atoms with van der Waals surface area (Å²) in [5, 5.41) is 7.70. The van der Waals surface area contributed by atoms with E-state index in [1.807, 2.05) is 42.5 Å². The summed E-state index contributed by atoms with van der Waals surface area (Å²) >= 11 is 6.48. The second-order valence-electron chi connectivity index (χ2n) is 6.90. The van der Waals surface area contributed by atoms with E-state index in [2.05, 4.69) is 20.3 Å². The average Bonchev–Trinajstić information content (AvgIpc) is 3.35. The summed E-state index contributed by atoms with van der Waals surface area (Å²) < 4.78 is 1.59. The standard InChI is InChI=1S/C21H22ClN5O/c1-15-19(20(22)27(25-15)17-7-3-2-4-8-17)21(28)24-14-16-9-10-23-18(13-16)26-11-5-6-12-26/h2-4,7-10,13H,5-6,11-12,14H2,1H3,(H,24,28). The number of nitrogens with zero attached hydrogens (tertiary/aromatic N) is 4. The Kier molecular flexibility index (Phi) is 5.30. The van der Waals surface area contributed by atoms with Crippen LogP contribution in [0.1, 0.15) is 34.5 Å². The van der Waals surface area contributed by atoms with Crippen LogP contribution < -0.4 is 10.2 Å². The Bertz CT molecular complexity index is 980. The number of nitrogens with one attached hydrogen (secondary N) is 1. The van der Waals surface area contributed by atoms with Gasteiger partial charge in [-0.05, 0) is 49.6 Å². The van der Waals surface area contributed by atoms with Crippen LogP contribution in [0.4, 0.5) is 5.82 Å². The molecule has 28 heavy (non-hydrogen) atoms. The predicted molar refractivity (Wildman–Crippen MR) is 110 cm³/mol. The molecule has 0 radical (unpaired) electrons. The summed E-state index contributed by atoms with van der Waals surface area (Å²) in [6.45, 7) is 4.28. The van der Waals surface area contributed by atoms with Crippen molar-refractivity contribution in [3.05, 3.63) is 70.6 Å². The highest BCUT2D eigenvalue weighted by molar-refractivity contribution is 6.33. The van der Waals surface area contributed by atoms with Gasteiger partial charge < -0.3 is 10.2 Å². The molecule has 0 atom stereocenters. The Balaban J connectivity index is 1.49. The third kappa shape index (κ3) is 3.73. The Labute approximate surface area is 169 Å². The highest BCUT2D eigenvalue weighted by Crippen LogP contribution is 2.24. The number of rotatable bonds is 5. The van der Waals surface area contributed by atoms with Crippen molar-refractivity contribution >= 4 is 23.3 Å². The van der Waals surface area contributed by atoms with E-state index in [-0.39, 0.29) is 5.91 Å². The number of aromatic nitrogens is 3. The molecule has 7 heteroatoms. The third-order valence-corrected chi connectivity index (χ3v) is 5.27. The van der Waals surface area contributed by atoms with E-state index >= 15 is 0 Å². The maximum Gasteiger partial charge on any atom is 0.256 e. The van der Waals surface area contributed by atoms with Gasteiger partial charge in [0.15, 0.2) is 0 Å². The van der Waals surface area contributed by atoms with Crippen LogP contribution in [0, 0.1) is 6.92 Å². The SMILES string of the molecule is Cc1nn(-c2ccccc2)c(Cl)c1C(=O)NCc1ccnc(N2CCCC2)c1. The van der Waals surface area contributed by atoms with Gasteiger partial charge in [0.2, 0.25) is 0 Å². The summed E-state index contributed by atoms with van der Waals surface area (Å²) in [4.78, 5) is 19.5. The van der Waals surface area contributed by atoms with E-state index in [9.17, 15) is 4.79 Å². The van der Waals surface area contributed by atoms with E-state index in [1.165, 1.54) is 12.8 Å². The van der Waals surface area contributed by atoms with Crippen LogP contribution in [0.3, 0.4) is 0 Å². The largest absolute Gasteiger partial charge is 0.357 e. The number of hydrogen-bond acceptors (Lipinski definition) is 4. The molecule has 1 aliphatic rings. The first-order chi connectivity index (χ1) is 13.6. The van der Waals surface area contributed by atoms with E-state index in [0.29, 0.717) is 23.0 Å². The lowest BCUT2D eigenvalue weighted by molar-refractivity contribution is 0.0950. The summed E-state index contributed by atoms with van der Waals surface area (Å²) in [7, 11) is 0. The molecule has 6 nitrogen and oxygen atoms in total. The van der Waals surface area contributed by atoms with Crippen LogP contribution in [0.25, 0.3) is 5.69 Å². The lowest BCUT2D eigenvalue weighted by atomic mass is 10.2. The third-order valence-electron chi connectivity index (χ3n) is 4.92. The Morgan fingerprint density at radius 2 is 1.93 bits per heavy atom. The molecular formula is C21H22ClN5O. The van der Waals surface area contributed by atoms with Crippen LogP contribution in [-0.2, 0) is 6.54 Å². The summed E-state index contributed by atoms with van der Waals surface area (Å²) in [5.41, 5.74) is 2.83. The van der Waals surface area contributed by atoms with Crippen molar-refractivity contribution in [2.24, 2.45) is 0 Å². The topological polar surface area (TPSA) is 63.1 Å². The first-order valence-electron chi connectivity index (χ1n) is 9.42. The average molecular weight is 396 g/mol. The van der Waals surface area contributed by atoms with Gasteiger partial charge in [0.1, 0.15) is 11.0 Å². The number of aryl methyl sites for hydroxylation is 1. The molecule has 1 N–H and O–H groups in total. The maximum atomic E-state index is 12.8. The van der Waals surface area contributed by atoms with Crippen molar-refractivity contribution in [1.82, 2.24) is 20.1 Å². The van der Waals surface area contributed by atoms with Gasteiger partial charge in [-0.25, -0.2) is 9.67 Å². The zero-order chi connectivity index (χ0) is 19.5. The molecule has 1 aliphatic heterocycles. The zero-order valence-corrected chi connectivity index (χ0v) is 16.5. The summed E-state index contributed by atoms with van der Waals surface area (Å²) in [6.07, 6.45) is 4.19. The highest BCUT2D eigenvalue weighted by Gasteiger charge is 2.21. The highest BCUT2D eigenvalue weighted by atomic mass is 35.5. The van der Waals surface area contributed by atoms with E-state index in [0.717, 1.165) is 30.2 Å². The van der Waals surface area contributed by atoms with Crippen molar-refractivity contribution in [2.75, 3.05) is 18.0 Å². The van der Waals surface area contributed by atoms with Crippen LogP contribution in [0.2, 0.25) is 5.15 Å².